The van der Waals surface area contributed by atoms with E-state index in [0.717, 1.165) is 28.9 Å². The van der Waals surface area contributed by atoms with Crippen molar-refractivity contribution in [2.45, 2.75) is 6.42 Å². The summed E-state index contributed by atoms with van der Waals surface area (Å²) in [4.78, 5) is 9.01. The average Bonchev–Trinajstić information content (AvgIpc) is 2.89. The van der Waals surface area contributed by atoms with E-state index < -0.39 is 0 Å². The largest absolute Gasteiger partial charge is 0.504 e. The number of nitrogens with zero attached hydrogens (tertiary/aromatic N) is 2. The molecule has 0 atom stereocenters. The Morgan fingerprint density at radius 3 is 1.37 bits per heavy atom. The summed E-state index contributed by atoms with van der Waals surface area (Å²) in [7, 11) is 3.04. The van der Waals surface area contributed by atoms with Crippen LogP contribution in [-0.2, 0) is 6.42 Å². The smallest absolute Gasteiger partial charge is 0.161 e. The van der Waals surface area contributed by atoms with Gasteiger partial charge in [-0.2, -0.15) is 0 Å². The van der Waals surface area contributed by atoms with E-state index in [-0.39, 0.29) is 11.5 Å². The Balaban J connectivity index is 1.36. The lowest BCUT2D eigenvalue weighted by Gasteiger charge is -2.05. The number of benzene rings is 4. The van der Waals surface area contributed by atoms with Gasteiger partial charge in [0.2, 0.25) is 0 Å². The van der Waals surface area contributed by atoms with Crippen molar-refractivity contribution in [1.82, 2.24) is 0 Å². The van der Waals surface area contributed by atoms with Crippen molar-refractivity contribution >= 4 is 23.8 Å². The number of aliphatic imine (C=N–C) groups is 2. The van der Waals surface area contributed by atoms with Gasteiger partial charge in [0.25, 0.3) is 0 Å². The van der Waals surface area contributed by atoms with Crippen LogP contribution in [0.15, 0.2) is 94.9 Å². The van der Waals surface area contributed by atoms with Gasteiger partial charge in [0.05, 0.1) is 25.6 Å². The van der Waals surface area contributed by atoms with Crippen LogP contribution in [0.4, 0.5) is 11.4 Å². The molecule has 0 aliphatic carbocycles. The van der Waals surface area contributed by atoms with Gasteiger partial charge in [0.15, 0.2) is 23.0 Å². The van der Waals surface area contributed by atoms with Gasteiger partial charge in [-0.25, -0.2) is 0 Å². The van der Waals surface area contributed by atoms with Gasteiger partial charge in [-0.15, -0.1) is 0 Å². The van der Waals surface area contributed by atoms with E-state index in [2.05, 4.69) is 34.3 Å². The third kappa shape index (κ3) is 6.26. The summed E-state index contributed by atoms with van der Waals surface area (Å²) in [6.45, 7) is 0. The molecule has 4 aromatic carbocycles. The molecule has 2 N–H and O–H groups in total. The van der Waals surface area contributed by atoms with Gasteiger partial charge in [0.1, 0.15) is 0 Å². The van der Waals surface area contributed by atoms with E-state index >= 15 is 0 Å². The average molecular weight is 467 g/mol. The van der Waals surface area contributed by atoms with Crippen LogP contribution in [0.5, 0.6) is 23.0 Å². The molecule has 0 unspecified atom stereocenters. The van der Waals surface area contributed by atoms with E-state index in [1.807, 2.05) is 24.3 Å². The van der Waals surface area contributed by atoms with Crippen LogP contribution in [0.3, 0.4) is 0 Å². The highest BCUT2D eigenvalue weighted by atomic mass is 16.5. The van der Waals surface area contributed by atoms with Crippen molar-refractivity contribution in [3.63, 3.8) is 0 Å². The second-order valence-electron chi connectivity index (χ2n) is 7.89. The zero-order valence-electron chi connectivity index (χ0n) is 19.6. The van der Waals surface area contributed by atoms with Gasteiger partial charge in [-0.1, -0.05) is 24.3 Å². The fraction of sp³-hybridized carbons (Fsp3) is 0.103. The van der Waals surface area contributed by atoms with E-state index in [4.69, 9.17) is 9.47 Å². The highest BCUT2D eigenvalue weighted by Gasteiger charge is 2.03. The minimum absolute atomic E-state index is 0.104. The number of ether oxygens (including phenoxy) is 2. The Morgan fingerprint density at radius 2 is 1.00 bits per heavy atom. The summed E-state index contributed by atoms with van der Waals surface area (Å²) < 4.78 is 10.3. The maximum Gasteiger partial charge on any atom is 0.161 e. The third-order valence-electron chi connectivity index (χ3n) is 5.41. The molecule has 0 aliphatic rings. The normalized spacial score (nSPS) is 11.3. The minimum atomic E-state index is 0.104. The van der Waals surface area contributed by atoms with Crippen LogP contribution in [0.1, 0.15) is 22.3 Å². The number of hydrogen-bond acceptors (Lipinski definition) is 6. The number of aromatic hydroxyl groups is 2. The third-order valence-corrected chi connectivity index (χ3v) is 5.41. The quantitative estimate of drug-likeness (QED) is 0.303. The number of hydrogen-bond donors (Lipinski definition) is 2. The molecule has 0 saturated heterocycles. The van der Waals surface area contributed by atoms with Gasteiger partial charge < -0.3 is 19.7 Å². The second kappa shape index (κ2) is 11.0. The minimum Gasteiger partial charge on any atom is -0.504 e. The first-order chi connectivity index (χ1) is 17.0. The SMILES string of the molecule is COc1cc(C=Nc2ccc(Cc3ccc(N=Cc4ccc(O)c(OC)c4)cc3)cc2)ccc1O. The molecular weight excluding hydrogens is 440 g/mol. The fourth-order valence-electron chi connectivity index (χ4n) is 3.48. The molecule has 0 aliphatic heterocycles. The summed E-state index contributed by atoms with van der Waals surface area (Å²) >= 11 is 0. The Morgan fingerprint density at radius 1 is 0.600 bits per heavy atom. The summed E-state index contributed by atoms with van der Waals surface area (Å²) in [6, 6.07) is 26.4. The first-order valence-electron chi connectivity index (χ1n) is 11.0. The monoisotopic (exact) mass is 466 g/mol. The van der Waals surface area contributed by atoms with Crippen LogP contribution in [0.25, 0.3) is 0 Å². The zero-order chi connectivity index (χ0) is 24.6. The molecule has 176 valence electrons. The first kappa shape index (κ1) is 23.6. The Kier molecular flexibility index (Phi) is 7.43. The van der Waals surface area contributed by atoms with Crippen LogP contribution >= 0.6 is 0 Å². The van der Waals surface area contributed by atoms with Crippen molar-refractivity contribution in [2.24, 2.45) is 9.98 Å². The molecule has 6 nitrogen and oxygen atoms in total. The summed E-state index contributed by atoms with van der Waals surface area (Å²) in [5.41, 5.74) is 5.74. The maximum absolute atomic E-state index is 9.70. The second-order valence-corrected chi connectivity index (χ2v) is 7.89. The molecule has 0 spiro atoms. The zero-order valence-corrected chi connectivity index (χ0v) is 19.6. The Hall–Kier alpha value is -4.58. The lowest BCUT2D eigenvalue weighted by atomic mass is 10.0. The van der Waals surface area contributed by atoms with Crippen LogP contribution in [0.2, 0.25) is 0 Å². The topological polar surface area (TPSA) is 83.6 Å². The van der Waals surface area contributed by atoms with Crippen molar-refractivity contribution in [1.29, 1.82) is 0 Å². The molecule has 0 heterocycles. The molecule has 0 amide bonds. The predicted molar refractivity (Wildman–Crippen MR) is 140 cm³/mol. The molecule has 0 aromatic heterocycles. The highest BCUT2D eigenvalue weighted by molar-refractivity contribution is 5.83. The number of phenols is 2. The molecule has 0 bridgehead atoms. The molecule has 4 aromatic rings. The molecule has 0 radical (unpaired) electrons. The molecular formula is C29H26N2O4. The fourth-order valence-corrected chi connectivity index (χ4v) is 3.48. The lowest BCUT2D eigenvalue weighted by molar-refractivity contribution is 0.373. The van der Waals surface area contributed by atoms with Crippen molar-refractivity contribution < 1.29 is 19.7 Å². The molecule has 0 saturated carbocycles. The van der Waals surface area contributed by atoms with Crippen LogP contribution < -0.4 is 9.47 Å². The van der Waals surface area contributed by atoms with E-state index in [9.17, 15) is 10.2 Å². The number of methoxy groups -OCH3 is 2. The molecule has 4 rings (SSSR count). The number of rotatable bonds is 8. The van der Waals surface area contributed by atoms with E-state index in [1.54, 1.807) is 48.8 Å². The summed E-state index contributed by atoms with van der Waals surface area (Å²) in [5.74, 6) is 1.04. The molecule has 35 heavy (non-hydrogen) atoms. The van der Waals surface area contributed by atoms with E-state index in [1.165, 1.54) is 25.3 Å². The Bertz CT molecular complexity index is 1240. The summed E-state index contributed by atoms with van der Waals surface area (Å²) in [5, 5.41) is 19.4. The highest BCUT2D eigenvalue weighted by Crippen LogP contribution is 2.27. The van der Waals surface area contributed by atoms with Crippen molar-refractivity contribution in [3.8, 4) is 23.0 Å². The standard InChI is InChI=1S/C29H26N2O4/c1-34-28-16-22(7-13-26(28)32)18-30-24-9-3-20(4-10-24)15-21-5-11-25(12-6-21)31-19-23-8-14-27(33)29(17-23)35-2/h3-14,16-19,32-33H,15H2,1-2H3. The molecule has 6 heteroatoms. The van der Waals surface area contributed by atoms with Crippen LogP contribution in [0, 0.1) is 0 Å². The van der Waals surface area contributed by atoms with Crippen molar-refractivity contribution in [3.05, 3.63) is 107 Å². The van der Waals surface area contributed by atoms with Gasteiger partial charge in [-0.3, -0.25) is 9.98 Å². The van der Waals surface area contributed by atoms with E-state index in [0.29, 0.717) is 11.5 Å². The van der Waals surface area contributed by atoms with Crippen molar-refractivity contribution in [2.75, 3.05) is 14.2 Å². The number of phenolic OH excluding ortho intramolecular Hbond substituents is 2. The van der Waals surface area contributed by atoms with Crippen LogP contribution in [-0.4, -0.2) is 36.9 Å². The lowest BCUT2D eigenvalue weighted by Crippen LogP contribution is -1.88. The molecule has 0 fully saturated rings. The van der Waals surface area contributed by atoms with Gasteiger partial charge in [-0.05, 0) is 89.3 Å². The van der Waals surface area contributed by atoms with Gasteiger partial charge in [0, 0.05) is 12.4 Å². The van der Waals surface area contributed by atoms with Gasteiger partial charge >= 0.3 is 0 Å². The Labute approximate surface area is 204 Å². The maximum atomic E-state index is 9.70. The predicted octanol–water partition coefficient (Wildman–Crippen LogP) is 6.21. The first-order valence-corrected chi connectivity index (χ1v) is 11.0. The summed E-state index contributed by atoms with van der Waals surface area (Å²) in [6.07, 6.45) is 4.28.